The van der Waals surface area contributed by atoms with Crippen molar-refractivity contribution in [1.82, 2.24) is 4.98 Å². The van der Waals surface area contributed by atoms with Crippen LogP contribution in [0.3, 0.4) is 0 Å². The third-order valence-electron chi connectivity index (χ3n) is 3.65. The van der Waals surface area contributed by atoms with Crippen LogP contribution in [0.15, 0.2) is 42.5 Å². The molecule has 0 saturated carbocycles. The summed E-state index contributed by atoms with van der Waals surface area (Å²) >= 11 is 0. The number of nitrogens with one attached hydrogen (secondary N) is 1. The molecule has 0 unspecified atom stereocenters. The van der Waals surface area contributed by atoms with Crippen LogP contribution in [-0.2, 0) is 16.1 Å². The van der Waals surface area contributed by atoms with Gasteiger partial charge in [0.15, 0.2) is 0 Å². The van der Waals surface area contributed by atoms with Crippen molar-refractivity contribution >= 4 is 11.6 Å². The van der Waals surface area contributed by atoms with Crippen molar-refractivity contribution in [2.75, 3.05) is 5.32 Å². The van der Waals surface area contributed by atoms with Gasteiger partial charge in [0, 0.05) is 5.69 Å². The minimum absolute atomic E-state index is 0.278. The third kappa shape index (κ3) is 4.87. The SMILES string of the molecule is Cc1ccc(NC(=O)[C@H](N)[C@H](C)OCc2ccccc2)c(C)n1. The van der Waals surface area contributed by atoms with E-state index in [1.54, 1.807) is 6.92 Å². The van der Waals surface area contributed by atoms with Gasteiger partial charge in [0.25, 0.3) is 0 Å². The van der Waals surface area contributed by atoms with Crippen molar-refractivity contribution in [2.45, 2.75) is 39.5 Å². The predicted octanol–water partition coefficient (Wildman–Crippen LogP) is 2.57. The standard InChI is InChI=1S/C18H23N3O2/c1-12-9-10-16(13(2)20-12)21-18(22)17(19)14(3)23-11-15-7-5-4-6-8-15/h4-10,14,17H,11,19H2,1-3H3,(H,21,22)/t14-,17+/m0/s1. The summed E-state index contributed by atoms with van der Waals surface area (Å²) in [5, 5.41) is 2.81. The van der Waals surface area contributed by atoms with E-state index in [1.807, 2.05) is 56.3 Å². The van der Waals surface area contributed by atoms with Gasteiger partial charge in [-0.15, -0.1) is 0 Å². The van der Waals surface area contributed by atoms with E-state index in [4.69, 9.17) is 10.5 Å². The highest BCUT2D eigenvalue weighted by atomic mass is 16.5. The zero-order chi connectivity index (χ0) is 16.8. The van der Waals surface area contributed by atoms with Crippen LogP contribution >= 0.6 is 0 Å². The maximum absolute atomic E-state index is 12.3. The van der Waals surface area contributed by atoms with E-state index in [-0.39, 0.29) is 5.91 Å². The Labute approximate surface area is 136 Å². The fourth-order valence-corrected chi connectivity index (χ4v) is 2.15. The van der Waals surface area contributed by atoms with Crippen molar-refractivity contribution in [2.24, 2.45) is 5.73 Å². The van der Waals surface area contributed by atoms with Gasteiger partial charge in [0.05, 0.1) is 24.1 Å². The molecule has 1 amide bonds. The second kappa shape index (κ2) is 7.85. The van der Waals surface area contributed by atoms with Gasteiger partial charge in [-0.25, -0.2) is 0 Å². The number of benzene rings is 1. The second-order valence-electron chi connectivity index (χ2n) is 5.60. The van der Waals surface area contributed by atoms with Gasteiger partial charge in [0.1, 0.15) is 6.04 Å². The Bertz CT molecular complexity index is 659. The molecule has 1 aromatic heterocycles. The maximum atomic E-state index is 12.3. The molecular formula is C18H23N3O2. The molecule has 1 heterocycles. The number of anilines is 1. The number of nitrogens with two attached hydrogens (primary N) is 1. The lowest BCUT2D eigenvalue weighted by atomic mass is 10.1. The first-order valence-electron chi connectivity index (χ1n) is 7.63. The van der Waals surface area contributed by atoms with E-state index in [9.17, 15) is 4.79 Å². The van der Waals surface area contributed by atoms with Crippen LogP contribution < -0.4 is 11.1 Å². The van der Waals surface area contributed by atoms with E-state index in [2.05, 4.69) is 10.3 Å². The number of aryl methyl sites for hydroxylation is 2. The van der Waals surface area contributed by atoms with Gasteiger partial charge in [0.2, 0.25) is 5.91 Å². The monoisotopic (exact) mass is 313 g/mol. The van der Waals surface area contributed by atoms with Crippen molar-refractivity contribution in [3.8, 4) is 0 Å². The first kappa shape index (κ1) is 17.1. The average molecular weight is 313 g/mol. The van der Waals surface area contributed by atoms with E-state index in [1.165, 1.54) is 0 Å². The first-order chi connectivity index (χ1) is 11.0. The summed E-state index contributed by atoms with van der Waals surface area (Å²) in [4.78, 5) is 16.6. The number of pyridine rings is 1. The molecule has 122 valence electrons. The quantitative estimate of drug-likeness (QED) is 0.859. The molecular weight excluding hydrogens is 290 g/mol. The normalized spacial score (nSPS) is 13.4. The Morgan fingerprint density at radius 3 is 2.57 bits per heavy atom. The van der Waals surface area contributed by atoms with Crippen LogP contribution in [0.2, 0.25) is 0 Å². The fourth-order valence-electron chi connectivity index (χ4n) is 2.15. The summed E-state index contributed by atoms with van der Waals surface area (Å²) in [6.07, 6.45) is -0.395. The molecule has 5 heteroatoms. The molecule has 5 nitrogen and oxygen atoms in total. The van der Waals surface area contributed by atoms with Crippen LogP contribution in [0, 0.1) is 13.8 Å². The highest BCUT2D eigenvalue weighted by Crippen LogP contribution is 2.13. The summed E-state index contributed by atoms with van der Waals surface area (Å²) in [5.74, 6) is -0.278. The summed E-state index contributed by atoms with van der Waals surface area (Å²) in [7, 11) is 0. The van der Waals surface area contributed by atoms with Gasteiger partial charge >= 0.3 is 0 Å². The molecule has 1 aromatic carbocycles. The Kier molecular flexibility index (Phi) is 5.84. The van der Waals surface area contributed by atoms with Crippen molar-refractivity contribution in [3.63, 3.8) is 0 Å². The summed E-state index contributed by atoms with van der Waals surface area (Å²) in [6, 6.07) is 12.7. The number of ether oxygens (including phenoxy) is 1. The van der Waals surface area contributed by atoms with E-state index < -0.39 is 12.1 Å². The number of carbonyl (C=O) groups is 1. The van der Waals surface area contributed by atoms with Crippen LogP contribution in [0.1, 0.15) is 23.9 Å². The highest BCUT2D eigenvalue weighted by molar-refractivity contribution is 5.95. The Balaban J connectivity index is 1.90. The van der Waals surface area contributed by atoms with Gasteiger partial charge < -0.3 is 15.8 Å². The van der Waals surface area contributed by atoms with E-state index >= 15 is 0 Å². The first-order valence-corrected chi connectivity index (χ1v) is 7.63. The molecule has 2 aromatic rings. The summed E-state index contributed by atoms with van der Waals surface area (Å²) < 4.78 is 5.70. The third-order valence-corrected chi connectivity index (χ3v) is 3.65. The molecule has 0 radical (unpaired) electrons. The zero-order valence-electron chi connectivity index (χ0n) is 13.7. The molecule has 2 atom stereocenters. The lowest BCUT2D eigenvalue weighted by molar-refractivity contribution is -0.120. The molecule has 0 spiro atoms. The number of carbonyl (C=O) groups excluding carboxylic acids is 1. The van der Waals surface area contributed by atoms with E-state index in [0.717, 1.165) is 17.0 Å². The Hall–Kier alpha value is -2.24. The van der Waals surface area contributed by atoms with Gasteiger partial charge in [-0.1, -0.05) is 30.3 Å². The highest BCUT2D eigenvalue weighted by Gasteiger charge is 2.22. The van der Waals surface area contributed by atoms with Gasteiger partial charge in [-0.05, 0) is 38.5 Å². The Morgan fingerprint density at radius 2 is 1.91 bits per heavy atom. The number of aromatic nitrogens is 1. The minimum atomic E-state index is -0.751. The largest absolute Gasteiger partial charge is 0.372 e. The molecule has 0 bridgehead atoms. The second-order valence-corrected chi connectivity index (χ2v) is 5.60. The number of nitrogens with zero attached hydrogens (tertiary/aromatic N) is 1. The molecule has 3 N–H and O–H groups in total. The molecule has 0 fully saturated rings. The average Bonchev–Trinajstić information content (AvgIpc) is 2.55. The number of amides is 1. The van der Waals surface area contributed by atoms with Gasteiger partial charge in [-0.2, -0.15) is 0 Å². The smallest absolute Gasteiger partial charge is 0.244 e. The zero-order valence-corrected chi connectivity index (χ0v) is 13.7. The van der Waals surface area contributed by atoms with Crippen molar-refractivity contribution < 1.29 is 9.53 Å². The van der Waals surface area contributed by atoms with E-state index in [0.29, 0.717) is 12.3 Å². The molecule has 0 aliphatic heterocycles. The predicted molar refractivity (Wildman–Crippen MR) is 91.0 cm³/mol. The van der Waals surface area contributed by atoms with Crippen LogP contribution in [0.4, 0.5) is 5.69 Å². The lowest BCUT2D eigenvalue weighted by Gasteiger charge is -2.20. The molecule has 2 rings (SSSR count). The molecule has 0 saturated heterocycles. The van der Waals surface area contributed by atoms with Crippen LogP contribution in [-0.4, -0.2) is 23.0 Å². The topological polar surface area (TPSA) is 77.2 Å². The molecule has 23 heavy (non-hydrogen) atoms. The number of hydrogen-bond acceptors (Lipinski definition) is 4. The van der Waals surface area contributed by atoms with Crippen LogP contribution in [0.5, 0.6) is 0 Å². The van der Waals surface area contributed by atoms with Crippen LogP contribution in [0.25, 0.3) is 0 Å². The Morgan fingerprint density at radius 1 is 1.22 bits per heavy atom. The van der Waals surface area contributed by atoms with Crippen molar-refractivity contribution in [1.29, 1.82) is 0 Å². The van der Waals surface area contributed by atoms with Gasteiger partial charge in [-0.3, -0.25) is 9.78 Å². The summed E-state index contributed by atoms with van der Waals surface area (Å²) in [5.41, 5.74) is 9.39. The maximum Gasteiger partial charge on any atom is 0.244 e. The van der Waals surface area contributed by atoms with Crippen molar-refractivity contribution in [3.05, 3.63) is 59.4 Å². The lowest BCUT2D eigenvalue weighted by Crippen LogP contribution is -2.45. The summed E-state index contributed by atoms with van der Waals surface area (Å²) in [6.45, 7) is 5.98. The number of hydrogen-bond donors (Lipinski definition) is 2. The minimum Gasteiger partial charge on any atom is -0.372 e. The fraction of sp³-hybridized carbons (Fsp3) is 0.333. The molecule has 0 aliphatic carbocycles. The number of rotatable bonds is 6. The molecule has 0 aliphatic rings.